The summed E-state index contributed by atoms with van der Waals surface area (Å²) >= 11 is 0. The van der Waals surface area contributed by atoms with Crippen molar-refractivity contribution < 1.29 is 61.3 Å². The number of ether oxygens (including phenoxy) is 10. The Bertz CT molecular complexity index is 5090. The number of aliphatic hydroxyl groups is 1. The molecule has 12 aromatic carbocycles. The monoisotopic (exact) mass is 1540 g/mol. The fourth-order valence-electron chi connectivity index (χ4n) is 13.7. The van der Waals surface area contributed by atoms with Gasteiger partial charge in [0.25, 0.3) is 0 Å². The van der Waals surface area contributed by atoms with Crippen LogP contribution in [0, 0.1) is 0 Å². The van der Waals surface area contributed by atoms with Crippen molar-refractivity contribution in [3.63, 3.8) is 0 Å². The molecular weight excluding hydrogens is 1440 g/mol. The summed E-state index contributed by atoms with van der Waals surface area (Å²) in [7, 11) is -5.93. The van der Waals surface area contributed by atoms with Crippen LogP contribution in [0.15, 0.2) is 297 Å². The highest BCUT2D eigenvalue weighted by Gasteiger charge is 2.60. The molecule has 1 unspecified atom stereocenters. The molecule has 0 bridgehead atoms. The smallest absolute Gasteiger partial charge is 0.192 e. The van der Waals surface area contributed by atoms with Crippen LogP contribution in [0.25, 0.3) is 0 Å². The van der Waals surface area contributed by atoms with Crippen LogP contribution in [0.1, 0.15) is 126 Å². The number of benzene rings is 12. The fraction of sp³-hybridized carbons (Fsp3) is 0.265. The lowest BCUT2D eigenvalue weighted by Gasteiger charge is -2.51. The molecule has 0 fully saturated rings. The second-order valence-electron chi connectivity index (χ2n) is 32.2. The summed E-state index contributed by atoms with van der Waals surface area (Å²) in [4.78, 5) is 0. The Morgan fingerprint density at radius 2 is 0.646 bits per heavy atom. The molecule has 2 aliphatic heterocycles. The molecule has 5 atom stereocenters. The van der Waals surface area contributed by atoms with Crippen molar-refractivity contribution in [1.82, 2.24) is 0 Å². The highest BCUT2D eigenvalue weighted by molar-refractivity contribution is 6.74. The maximum Gasteiger partial charge on any atom is 0.192 e. The van der Waals surface area contributed by atoms with E-state index < -0.39 is 51.7 Å². The molecule has 0 saturated carbocycles. The zero-order valence-corrected chi connectivity index (χ0v) is 68.3. The predicted molar refractivity (Wildman–Crippen MR) is 450 cm³/mol. The first-order chi connectivity index (χ1) is 54.6. The maximum atomic E-state index is 16.5. The van der Waals surface area contributed by atoms with E-state index >= 15 is 5.11 Å². The summed E-state index contributed by atoms with van der Waals surface area (Å²) in [6.45, 7) is 23.8. The molecule has 0 radical (unpaired) electrons. The Kier molecular flexibility index (Phi) is 24.3. The summed E-state index contributed by atoms with van der Waals surface area (Å²) in [6.07, 6.45) is -3.87. The third-order valence-electron chi connectivity index (χ3n) is 22.0. The molecule has 14 rings (SSSR count). The fourth-order valence-corrected chi connectivity index (χ4v) is 16.3. The average molecular weight is 1540 g/mol. The largest absolute Gasteiger partial charge is 0.489 e. The Labute approximate surface area is 668 Å². The summed E-state index contributed by atoms with van der Waals surface area (Å²) in [6, 6.07) is 98.1. The predicted octanol–water partition coefficient (Wildman–Crippen LogP) is 23.1. The standard InChI is InChI=1S/C98H102O13Si2/c1-96(2,3)112(7,8)110-89-59-80-83(103-64-72-41-25-14-26-42-72)60-87(107-68-76-49-33-18-34-50-76)91(94(80)109-92(89)77-51-53-81(101-62-70-37-21-12-22-38-70)84(55-77)104-65-73-43-27-15-28-44-73)98(99)90-86(106-67-75-47-31-17-32-48-75)57-79(100-61-69-35-19-11-20-36-69)58-88(90)108-93(95(98)111-113(9,10)97(4,5)6)78-52-54-82(102-63-71-39-23-13-24-40-71)85(56-78)105-66-74-45-29-16-30-46-74/h11-58,60,89,92-93,95,99H,59,61-68H2,1-10H3/t89-,92-,93-,95+,98?/m1/s1. The topological polar surface area (TPSA) is 131 Å². The van der Waals surface area contributed by atoms with Gasteiger partial charge in [-0.15, -0.1) is 0 Å². The van der Waals surface area contributed by atoms with Gasteiger partial charge in [0.05, 0.1) is 17.2 Å². The minimum absolute atomic E-state index is 0.0602. The number of fused-ring (bicyclic) bond motifs is 2. The Morgan fingerprint density at radius 1 is 0.327 bits per heavy atom. The van der Waals surface area contributed by atoms with Crippen LogP contribution >= 0.6 is 0 Å². The first-order valence-electron chi connectivity index (χ1n) is 39.0. The Morgan fingerprint density at radius 3 is 1.02 bits per heavy atom. The van der Waals surface area contributed by atoms with Crippen molar-refractivity contribution in [3.05, 3.63) is 370 Å². The van der Waals surface area contributed by atoms with E-state index in [0.717, 1.165) is 50.1 Å². The highest BCUT2D eigenvalue weighted by Crippen LogP contribution is 2.63. The Hall–Kier alpha value is -11.0. The third-order valence-corrected chi connectivity index (χ3v) is 31.0. The van der Waals surface area contributed by atoms with E-state index in [0.29, 0.717) is 58.0 Å². The van der Waals surface area contributed by atoms with Crippen LogP contribution in [0.4, 0.5) is 0 Å². The number of hydrogen-bond donors (Lipinski definition) is 1. The summed E-state index contributed by atoms with van der Waals surface area (Å²) in [5, 5.41) is 15.8. The Balaban J connectivity index is 1.06. The van der Waals surface area contributed by atoms with Gasteiger partial charge in [-0.25, -0.2) is 0 Å². The van der Waals surface area contributed by atoms with Crippen LogP contribution in [0.3, 0.4) is 0 Å². The van der Waals surface area contributed by atoms with E-state index in [9.17, 15) is 0 Å². The van der Waals surface area contributed by atoms with Crippen molar-refractivity contribution in [1.29, 1.82) is 0 Å². The lowest BCUT2D eigenvalue weighted by atomic mass is 9.73. The van der Waals surface area contributed by atoms with Crippen molar-refractivity contribution in [2.75, 3.05) is 0 Å². The molecule has 2 aliphatic rings. The highest BCUT2D eigenvalue weighted by atomic mass is 28.4. The minimum Gasteiger partial charge on any atom is -0.489 e. The average Bonchev–Trinajstić information content (AvgIpc) is 0.694. The van der Waals surface area contributed by atoms with Crippen LogP contribution in [-0.2, 0) is 73.7 Å². The van der Waals surface area contributed by atoms with E-state index in [1.54, 1.807) is 0 Å². The van der Waals surface area contributed by atoms with Gasteiger partial charge >= 0.3 is 0 Å². The van der Waals surface area contributed by atoms with Gasteiger partial charge in [-0.05, 0) is 116 Å². The van der Waals surface area contributed by atoms with Gasteiger partial charge in [-0.2, -0.15) is 0 Å². The van der Waals surface area contributed by atoms with Gasteiger partial charge in [0.1, 0.15) is 99.6 Å². The van der Waals surface area contributed by atoms with Crippen LogP contribution in [0.5, 0.6) is 57.5 Å². The van der Waals surface area contributed by atoms with Crippen molar-refractivity contribution in [2.45, 2.75) is 167 Å². The summed E-state index contributed by atoms with van der Waals surface area (Å²) in [5.74, 6) is 3.97. The molecule has 580 valence electrons. The van der Waals surface area contributed by atoms with E-state index in [-0.39, 0.29) is 86.1 Å². The van der Waals surface area contributed by atoms with Gasteiger partial charge in [-0.1, -0.05) is 296 Å². The molecule has 113 heavy (non-hydrogen) atoms. The first kappa shape index (κ1) is 78.6. The van der Waals surface area contributed by atoms with Gasteiger partial charge in [0.2, 0.25) is 0 Å². The quantitative estimate of drug-likeness (QED) is 0.0414. The second kappa shape index (κ2) is 34.9. The molecular formula is C98H102O13Si2. The first-order valence-corrected chi connectivity index (χ1v) is 44.9. The molecule has 0 aliphatic carbocycles. The molecule has 1 N–H and O–H groups in total. The molecule has 2 heterocycles. The number of rotatable bonds is 31. The number of hydrogen-bond acceptors (Lipinski definition) is 13. The lowest BCUT2D eigenvalue weighted by Crippen LogP contribution is -2.57. The van der Waals surface area contributed by atoms with Crippen LogP contribution < -0.4 is 47.4 Å². The van der Waals surface area contributed by atoms with Crippen molar-refractivity contribution in [3.8, 4) is 57.5 Å². The van der Waals surface area contributed by atoms with Gasteiger partial charge in [0.15, 0.2) is 51.3 Å². The maximum absolute atomic E-state index is 16.5. The van der Waals surface area contributed by atoms with Gasteiger partial charge in [-0.3, -0.25) is 0 Å². The lowest BCUT2D eigenvalue weighted by molar-refractivity contribution is -0.116. The zero-order valence-electron chi connectivity index (χ0n) is 66.3. The summed E-state index contributed by atoms with van der Waals surface area (Å²) < 4.78 is 88.8. The van der Waals surface area contributed by atoms with E-state index in [1.165, 1.54) is 0 Å². The molecule has 0 spiro atoms. The van der Waals surface area contributed by atoms with Gasteiger partial charge < -0.3 is 61.3 Å². The molecule has 0 saturated heterocycles. The third kappa shape index (κ3) is 18.9. The SMILES string of the molecule is CC(C)(C)[Si](C)(C)O[C@@H]1Cc2c(OCc3ccccc3)cc(OCc3ccccc3)c(C3(O)c4c(OCc5ccccc5)cc(OCc5ccccc5)cc4O[C@H](c4ccc(OCc5ccccc5)c(OCc5ccccc5)c4)[C@@H]3O[Si](C)(C)C(C)(C)C)c2O[C@@H]1c1ccc(OCc2ccccc2)c(OCc2ccccc2)c1. The van der Waals surface area contributed by atoms with E-state index in [1.807, 2.05) is 297 Å². The molecule has 12 aromatic rings. The molecule has 15 heteroatoms. The van der Waals surface area contributed by atoms with Crippen molar-refractivity contribution in [2.24, 2.45) is 0 Å². The van der Waals surface area contributed by atoms with Crippen molar-refractivity contribution >= 4 is 16.6 Å². The molecule has 13 nitrogen and oxygen atoms in total. The van der Waals surface area contributed by atoms with Crippen LogP contribution in [0.2, 0.25) is 36.3 Å². The van der Waals surface area contributed by atoms with E-state index in [4.69, 9.17) is 56.2 Å². The van der Waals surface area contributed by atoms with Gasteiger partial charge in [0, 0.05) is 30.2 Å². The minimum atomic E-state index is -3.18. The zero-order chi connectivity index (χ0) is 78.6. The molecule has 0 aromatic heterocycles. The summed E-state index contributed by atoms with van der Waals surface area (Å²) in [5.41, 5.74) is 7.64. The van der Waals surface area contributed by atoms with Crippen LogP contribution in [-0.4, -0.2) is 33.9 Å². The second-order valence-corrected chi connectivity index (χ2v) is 41.7. The normalized spacial score (nSPS) is 16.8. The molecule has 0 amide bonds. The van der Waals surface area contributed by atoms with E-state index in [2.05, 4.69) is 67.7 Å².